The van der Waals surface area contributed by atoms with Gasteiger partial charge in [-0.1, -0.05) is 0 Å². The molecule has 0 bridgehead atoms. The normalized spacial score (nSPS) is 16.6. The Morgan fingerprint density at radius 2 is 2.29 bits per heavy atom. The largest absolute Gasteiger partial charge is 0.396 e. The average Bonchev–Trinajstić information content (AvgIpc) is 2.55. The lowest BCUT2D eigenvalue weighted by Gasteiger charge is -2.21. The van der Waals surface area contributed by atoms with Gasteiger partial charge in [0.1, 0.15) is 15.9 Å². The van der Waals surface area contributed by atoms with E-state index in [1.165, 1.54) is 11.3 Å². The zero-order chi connectivity index (χ0) is 12.3. The summed E-state index contributed by atoms with van der Waals surface area (Å²) in [4.78, 5) is 4.04. The third-order valence-corrected chi connectivity index (χ3v) is 4.94. The summed E-state index contributed by atoms with van der Waals surface area (Å²) in [6.45, 7) is 4.08. The molecule has 17 heavy (non-hydrogen) atoms. The monoisotopic (exact) mass is 268 g/mol. The smallest absolute Gasteiger partial charge is 0.131 e. The molecule has 2 rings (SSSR count). The molecule has 3 N–H and O–H groups in total. The number of hydrogen-bond acceptors (Lipinski definition) is 6. The van der Waals surface area contributed by atoms with E-state index in [2.05, 4.69) is 16.3 Å². The van der Waals surface area contributed by atoms with Crippen molar-refractivity contribution in [3.63, 3.8) is 0 Å². The van der Waals surface area contributed by atoms with Gasteiger partial charge in [-0.3, -0.25) is 0 Å². The molecule has 0 amide bonds. The van der Waals surface area contributed by atoms with E-state index in [1.807, 2.05) is 6.26 Å². The van der Waals surface area contributed by atoms with E-state index in [4.69, 9.17) is 11.0 Å². The maximum atomic E-state index is 9.05. The molecule has 4 nitrogen and oxygen atoms in total. The van der Waals surface area contributed by atoms with E-state index in [1.54, 1.807) is 11.8 Å². The predicted molar refractivity (Wildman–Crippen MR) is 74.9 cm³/mol. The van der Waals surface area contributed by atoms with Crippen LogP contribution < -0.4 is 16.0 Å². The Morgan fingerprint density at radius 1 is 1.47 bits per heavy atom. The summed E-state index contributed by atoms with van der Waals surface area (Å²) in [6.07, 6.45) is 3.15. The zero-order valence-corrected chi connectivity index (χ0v) is 11.5. The zero-order valence-electron chi connectivity index (χ0n) is 9.82. The van der Waals surface area contributed by atoms with Crippen LogP contribution in [0.2, 0.25) is 0 Å². The second kappa shape index (κ2) is 5.63. The summed E-state index contributed by atoms with van der Waals surface area (Å²) >= 11 is 3.15. The highest BCUT2D eigenvalue weighted by Gasteiger charge is 2.20. The van der Waals surface area contributed by atoms with Gasteiger partial charge in [0.05, 0.1) is 10.6 Å². The van der Waals surface area contributed by atoms with Crippen LogP contribution >= 0.6 is 23.1 Å². The van der Waals surface area contributed by atoms with Gasteiger partial charge in [-0.25, -0.2) is 0 Å². The minimum atomic E-state index is 0.640. The van der Waals surface area contributed by atoms with Gasteiger partial charge in [0, 0.05) is 19.6 Å². The molecular formula is C11H16N4S2. The highest BCUT2D eigenvalue weighted by Crippen LogP contribution is 2.43. The van der Waals surface area contributed by atoms with Crippen LogP contribution in [0.15, 0.2) is 4.90 Å². The van der Waals surface area contributed by atoms with Crippen LogP contribution in [0.3, 0.4) is 0 Å². The molecular weight excluding hydrogens is 252 g/mol. The van der Waals surface area contributed by atoms with Crippen LogP contribution in [-0.2, 0) is 0 Å². The summed E-state index contributed by atoms with van der Waals surface area (Å²) in [5, 5.41) is 13.6. The standard InChI is InChI=1S/C11H16N4S2/c1-16-10-9(13)8(7-12)17-11(10)15-5-2-3-14-4-6-15/h14H,2-6,13H2,1H3. The van der Waals surface area contributed by atoms with E-state index in [0.717, 1.165) is 42.5 Å². The van der Waals surface area contributed by atoms with Crippen LogP contribution in [0.5, 0.6) is 0 Å². The van der Waals surface area contributed by atoms with Gasteiger partial charge in [-0.15, -0.1) is 23.1 Å². The fraction of sp³-hybridized carbons (Fsp3) is 0.545. The highest BCUT2D eigenvalue weighted by atomic mass is 32.2. The Morgan fingerprint density at radius 3 is 3.00 bits per heavy atom. The van der Waals surface area contributed by atoms with Crippen molar-refractivity contribution in [1.82, 2.24) is 5.32 Å². The summed E-state index contributed by atoms with van der Waals surface area (Å²) in [5.41, 5.74) is 6.65. The second-order valence-electron chi connectivity index (χ2n) is 3.89. The van der Waals surface area contributed by atoms with Gasteiger partial charge in [0.25, 0.3) is 0 Å². The molecule has 1 saturated heterocycles. The quantitative estimate of drug-likeness (QED) is 0.800. The number of nitriles is 1. The molecule has 0 radical (unpaired) electrons. The Bertz CT molecular complexity index is 427. The fourth-order valence-corrected chi connectivity index (χ4v) is 3.98. The van der Waals surface area contributed by atoms with Gasteiger partial charge in [0.15, 0.2) is 0 Å². The van der Waals surface area contributed by atoms with Gasteiger partial charge < -0.3 is 16.0 Å². The number of anilines is 2. The minimum Gasteiger partial charge on any atom is -0.396 e. The topological polar surface area (TPSA) is 65.1 Å². The lowest BCUT2D eigenvalue weighted by molar-refractivity contribution is 0.724. The average molecular weight is 268 g/mol. The molecule has 6 heteroatoms. The van der Waals surface area contributed by atoms with Gasteiger partial charge >= 0.3 is 0 Å². The summed E-state index contributed by atoms with van der Waals surface area (Å²) in [5.74, 6) is 0. The van der Waals surface area contributed by atoms with Crippen LogP contribution in [0.25, 0.3) is 0 Å². The number of hydrogen-bond donors (Lipinski definition) is 2. The van der Waals surface area contributed by atoms with Crippen molar-refractivity contribution < 1.29 is 0 Å². The molecule has 1 aromatic heterocycles. The second-order valence-corrected chi connectivity index (χ2v) is 5.70. The van der Waals surface area contributed by atoms with E-state index in [0.29, 0.717) is 10.6 Å². The fourth-order valence-electron chi connectivity index (χ4n) is 1.95. The molecule has 0 aromatic carbocycles. The number of nitrogens with two attached hydrogens (primary N) is 1. The SMILES string of the molecule is CSc1c(N2CCCNCC2)sc(C#N)c1N. The van der Waals surface area contributed by atoms with Crippen LogP contribution in [0, 0.1) is 11.3 Å². The first-order valence-corrected chi connectivity index (χ1v) is 7.64. The van der Waals surface area contributed by atoms with Crippen molar-refractivity contribution in [3.05, 3.63) is 4.88 Å². The van der Waals surface area contributed by atoms with Gasteiger partial charge in [-0.05, 0) is 19.2 Å². The molecule has 1 aliphatic heterocycles. The first-order chi connectivity index (χ1) is 8.27. The molecule has 1 aromatic rings. The van der Waals surface area contributed by atoms with Crippen LogP contribution in [-0.4, -0.2) is 32.4 Å². The van der Waals surface area contributed by atoms with Crippen molar-refractivity contribution in [2.75, 3.05) is 43.1 Å². The maximum Gasteiger partial charge on any atom is 0.131 e. The molecule has 2 heterocycles. The van der Waals surface area contributed by atoms with E-state index >= 15 is 0 Å². The molecule has 0 atom stereocenters. The summed E-state index contributed by atoms with van der Waals surface area (Å²) in [6, 6.07) is 2.18. The molecule has 0 saturated carbocycles. The maximum absolute atomic E-state index is 9.05. The lowest BCUT2D eigenvalue weighted by atomic mass is 10.3. The first kappa shape index (κ1) is 12.6. The van der Waals surface area contributed by atoms with Gasteiger partial charge in [-0.2, -0.15) is 5.26 Å². The Labute approximate surface area is 110 Å². The highest BCUT2D eigenvalue weighted by molar-refractivity contribution is 7.99. The van der Waals surface area contributed by atoms with Crippen LogP contribution in [0.4, 0.5) is 10.7 Å². The van der Waals surface area contributed by atoms with E-state index < -0.39 is 0 Å². The molecule has 1 fully saturated rings. The van der Waals surface area contributed by atoms with Crippen molar-refractivity contribution in [2.45, 2.75) is 11.3 Å². The van der Waals surface area contributed by atoms with E-state index in [9.17, 15) is 0 Å². The Balaban J connectivity index is 2.33. The van der Waals surface area contributed by atoms with Gasteiger partial charge in [0.2, 0.25) is 0 Å². The van der Waals surface area contributed by atoms with Crippen molar-refractivity contribution >= 4 is 33.8 Å². The Kier molecular flexibility index (Phi) is 4.15. The summed E-state index contributed by atoms with van der Waals surface area (Å²) < 4.78 is 0. The minimum absolute atomic E-state index is 0.640. The van der Waals surface area contributed by atoms with Crippen molar-refractivity contribution in [3.8, 4) is 6.07 Å². The predicted octanol–water partition coefficient (Wildman–Crippen LogP) is 1.72. The third kappa shape index (κ3) is 2.51. The van der Waals surface area contributed by atoms with Crippen molar-refractivity contribution in [2.24, 2.45) is 0 Å². The Hall–Kier alpha value is -0.900. The molecule has 0 unspecified atom stereocenters. The molecule has 0 spiro atoms. The number of rotatable bonds is 2. The number of nitrogens with one attached hydrogen (secondary N) is 1. The summed E-state index contributed by atoms with van der Waals surface area (Å²) in [7, 11) is 0. The lowest BCUT2D eigenvalue weighted by Crippen LogP contribution is -2.27. The van der Waals surface area contributed by atoms with E-state index in [-0.39, 0.29) is 0 Å². The molecule has 0 aliphatic carbocycles. The number of thioether (sulfide) groups is 1. The third-order valence-electron chi connectivity index (χ3n) is 2.82. The number of nitrogen functional groups attached to an aromatic ring is 1. The number of thiophene rings is 1. The molecule has 92 valence electrons. The van der Waals surface area contributed by atoms with Crippen molar-refractivity contribution in [1.29, 1.82) is 5.26 Å². The number of nitrogens with zero attached hydrogens (tertiary/aromatic N) is 2. The first-order valence-electron chi connectivity index (χ1n) is 5.60. The van der Waals surface area contributed by atoms with Crippen LogP contribution in [0.1, 0.15) is 11.3 Å². The molecule has 1 aliphatic rings.